The number of nitrogens with zero attached hydrogens (tertiary/aromatic N) is 1. The van der Waals surface area contributed by atoms with E-state index in [1.54, 1.807) is 0 Å². The molecule has 1 aromatic heterocycles. The molecule has 1 aromatic carbocycles. The van der Waals surface area contributed by atoms with Gasteiger partial charge in [-0.1, -0.05) is 5.16 Å². The van der Waals surface area contributed by atoms with Crippen LogP contribution in [0.15, 0.2) is 34.9 Å². The van der Waals surface area contributed by atoms with Gasteiger partial charge in [0.1, 0.15) is 17.3 Å². The maximum absolute atomic E-state index is 12.7. The van der Waals surface area contributed by atoms with Crippen LogP contribution in [0.3, 0.4) is 0 Å². The summed E-state index contributed by atoms with van der Waals surface area (Å²) in [4.78, 5) is 11.5. The number of benzene rings is 1. The van der Waals surface area contributed by atoms with Gasteiger partial charge in [-0.3, -0.25) is 4.79 Å². The van der Waals surface area contributed by atoms with E-state index < -0.39 is 0 Å². The van der Waals surface area contributed by atoms with Gasteiger partial charge >= 0.3 is 0 Å². The Labute approximate surface area is 115 Å². The number of aromatic nitrogens is 1. The van der Waals surface area contributed by atoms with Crippen LogP contribution in [-0.2, 0) is 11.2 Å². The Balaban J connectivity index is 1.66. The van der Waals surface area contributed by atoms with Crippen LogP contribution in [0.1, 0.15) is 11.5 Å². The molecule has 0 saturated heterocycles. The predicted octanol–water partition coefficient (Wildman–Crippen LogP) is 1.86. The average molecular weight is 278 g/mol. The molecule has 20 heavy (non-hydrogen) atoms. The maximum Gasteiger partial charge on any atom is 0.257 e. The van der Waals surface area contributed by atoms with E-state index in [2.05, 4.69) is 10.5 Å². The monoisotopic (exact) mass is 278 g/mol. The summed E-state index contributed by atoms with van der Waals surface area (Å²) in [6.45, 7) is 2.17. The first-order chi connectivity index (χ1) is 9.63. The van der Waals surface area contributed by atoms with Crippen molar-refractivity contribution in [1.29, 1.82) is 0 Å². The molecule has 1 amide bonds. The number of aryl methyl sites for hydroxylation is 1. The predicted molar refractivity (Wildman–Crippen MR) is 69.8 cm³/mol. The zero-order valence-electron chi connectivity index (χ0n) is 11.1. The van der Waals surface area contributed by atoms with Crippen LogP contribution in [0.4, 0.5) is 4.39 Å². The topological polar surface area (TPSA) is 64.4 Å². The van der Waals surface area contributed by atoms with Crippen LogP contribution in [-0.4, -0.2) is 24.2 Å². The minimum Gasteiger partial charge on any atom is -0.484 e. The van der Waals surface area contributed by atoms with Crippen molar-refractivity contribution >= 4 is 5.91 Å². The van der Waals surface area contributed by atoms with Gasteiger partial charge in [0.2, 0.25) is 0 Å². The van der Waals surface area contributed by atoms with E-state index in [4.69, 9.17) is 9.26 Å². The number of rotatable bonds is 6. The van der Waals surface area contributed by atoms with E-state index in [1.165, 1.54) is 24.3 Å². The van der Waals surface area contributed by atoms with Crippen molar-refractivity contribution in [3.63, 3.8) is 0 Å². The molecule has 0 radical (unpaired) electrons. The van der Waals surface area contributed by atoms with Gasteiger partial charge in [-0.15, -0.1) is 0 Å². The van der Waals surface area contributed by atoms with Crippen molar-refractivity contribution in [2.45, 2.75) is 13.3 Å². The fourth-order valence-electron chi connectivity index (χ4n) is 1.59. The number of nitrogens with one attached hydrogen (secondary N) is 1. The molecular formula is C14H15FN2O3. The highest BCUT2D eigenvalue weighted by atomic mass is 19.1. The largest absolute Gasteiger partial charge is 0.484 e. The van der Waals surface area contributed by atoms with Crippen molar-refractivity contribution in [3.8, 4) is 5.75 Å². The number of amides is 1. The second-order valence-electron chi connectivity index (χ2n) is 4.28. The molecule has 0 spiro atoms. The van der Waals surface area contributed by atoms with E-state index >= 15 is 0 Å². The molecule has 0 aliphatic heterocycles. The average Bonchev–Trinajstić information content (AvgIpc) is 2.84. The first kappa shape index (κ1) is 14.0. The second-order valence-corrected chi connectivity index (χ2v) is 4.28. The van der Waals surface area contributed by atoms with Crippen LogP contribution in [0.2, 0.25) is 0 Å². The Kier molecular flexibility index (Phi) is 4.70. The Morgan fingerprint density at radius 2 is 2.15 bits per heavy atom. The third kappa shape index (κ3) is 4.38. The highest BCUT2D eigenvalue weighted by molar-refractivity contribution is 5.77. The molecule has 0 aliphatic rings. The van der Waals surface area contributed by atoms with Crippen molar-refractivity contribution in [3.05, 3.63) is 47.6 Å². The molecule has 1 N–H and O–H groups in total. The van der Waals surface area contributed by atoms with Crippen molar-refractivity contribution in [2.75, 3.05) is 13.2 Å². The molecule has 0 aliphatic carbocycles. The lowest BCUT2D eigenvalue weighted by Gasteiger charge is -2.06. The fourth-order valence-corrected chi connectivity index (χ4v) is 1.59. The van der Waals surface area contributed by atoms with Crippen molar-refractivity contribution in [1.82, 2.24) is 10.5 Å². The van der Waals surface area contributed by atoms with Crippen LogP contribution < -0.4 is 10.1 Å². The molecule has 0 bridgehead atoms. The highest BCUT2D eigenvalue weighted by Crippen LogP contribution is 2.10. The lowest BCUT2D eigenvalue weighted by atomic mass is 10.3. The molecular weight excluding hydrogens is 263 g/mol. The first-order valence-corrected chi connectivity index (χ1v) is 6.21. The summed E-state index contributed by atoms with van der Waals surface area (Å²) in [5.41, 5.74) is 0.811. The zero-order chi connectivity index (χ0) is 14.4. The molecule has 0 atom stereocenters. The van der Waals surface area contributed by atoms with Crippen LogP contribution in [0.5, 0.6) is 5.75 Å². The second kappa shape index (κ2) is 6.70. The molecule has 0 unspecified atom stereocenters. The summed E-state index contributed by atoms with van der Waals surface area (Å²) in [5.74, 6) is 0.587. The van der Waals surface area contributed by atoms with Gasteiger partial charge in [-0.2, -0.15) is 0 Å². The van der Waals surface area contributed by atoms with Crippen LogP contribution in [0.25, 0.3) is 0 Å². The normalized spacial score (nSPS) is 10.3. The van der Waals surface area contributed by atoms with Crippen LogP contribution in [0, 0.1) is 12.7 Å². The smallest absolute Gasteiger partial charge is 0.257 e. The van der Waals surface area contributed by atoms with E-state index in [0.29, 0.717) is 18.7 Å². The summed E-state index contributed by atoms with van der Waals surface area (Å²) in [5, 5.41) is 6.45. The van der Waals surface area contributed by atoms with Crippen molar-refractivity contribution < 1.29 is 18.4 Å². The van der Waals surface area contributed by atoms with Gasteiger partial charge in [0, 0.05) is 19.0 Å². The van der Waals surface area contributed by atoms with Gasteiger partial charge in [0.25, 0.3) is 5.91 Å². The Morgan fingerprint density at radius 3 is 2.80 bits per heavy atom. The summed E-state index contributed by atoms with van der Waals surface area (Å²) in [6.07, 6.45) is 0.573. The molecule has 0 saturated carbocycles. The maximum atomic E-state index is 12.7. The van der Waals surface area contributed by atoms with E-state index in [0.717, 1.165) is 11.5 Å². The first-order valence-electron chi connectivity index (χ1n) is 6.21. The minimum atomic E-state index is -0.343. The van der Waals surface area contributed by atoms with Gasteiger partial charge in [0.05, 0.1) is 5.69 Å². The van der Waals surface area contributed by atoms with E-state index in [1.807, 2.05) is 13.0 Å². The highest BCUT2D eigenvalue weighted by Gasteiger charge is 2.04. The lowest BCUT2D eigenvalue weighted by Crippen LogP contribution is -2.30. The number of carbonyl (C=O) groups is 1. The quantitative estimate of drug-likeness (QED) is 0.876. The number of hydrogen-bond acceptors (Lipinski definition) is 4. The molecule has 2 rings (SSSR count). The standard InChI is InChI=1S/C14H15FN2O3/c1-10-8-13(20-17-10)6-7-16-14(18)9-19-12-4-2-11(15)3-5-12/h2-5,8H,6-7,9H2,1H3,(H,16,18). The molecule has 1 heterocycles. The van der Waals surface area contributed by atoms with Gasteiger partial charge in [0.15, 0.2) is 6.61 Å². The Hall–Kier alpha value is -2.37. The number of carbonyl (C=O) groups excluding carboxylic acids is 1. The van der Waals surface area contributed by atoms with Gasteiger partial charge < -0.3 is 14.6 Å². The summed E-state index contributed by atoms with van der Waals surface area (Å²) < 4.78 is 22.9. The summed E-state index contributed by atoms with van der Waals surface area (Å²) in [6, 6.07) is 7.32. The molecule has 6 heteroatoms. The molecule has 0 fully saturated rings. The summed E-state index contributed by atoms with van der Waals surface area (Å²) >= 11 is 0. The van der Waals surface area contributed by atoms with Crippen molar-refractivity contribution in [2.24, 2.45) is 0 Å². The SMILES string of the molecule is Cc1cc(CCNC(=O)COc2ccc(F)cc2)on1. The summed E-state index contributed by atoms with van der Waals surface area (Å²) in [7, 11) is 0. The molecule has 5 nitrogen and oxygen atoms in total. The van der Waals surface area contributed by atoms with E-state index in [-0.39, 0.29) is 18.3 Å². The zero-order valence-corrected chi connectivity index (χ0v) is 11.1. The third-order valence-corrected chi connectivity index (χ3v) is 2.55. The molecule has 106 valence electrons. The van der Waals surface area contributed by atoms with Gasteiger partial charge in [-0.05, 0) is 31.2 Å². The number of halogens is 1. The van der Waals surface area contributed by atoms with E-state index in [9.17, 15) is 9.18 Å². The fraction of sp³-hybridized carbons (Fsp3) is 0.286. The Morgan fingerprint density at radius 1 is 1.40 bits per heavy atom. The lowest BCUT2D eigenvalue weighted by molar-refractivity contribution is -0.123. The number of ether oxygens (including phenoxy) is 1. The van der Waals surface area contributed by atoms with Gasteiger partial charge in [-0.25, -0.2) is 4.39 Å². The van der Waals surface area contributed by atoms with Crippen LogP contribution >= 0.6 is 0 Å². The number of hydrogen-bond donors (Lipinski definition) is 1. The third-order valence-electron chi connectivity index (χ3n) is 2.55. The molecule has 2 aromatic rings. The Bertz CT molecular complexity index is 566. The minimum absolute atomic E-state index is 0.110.